The Labute approximate surface area is 170 Å². The Hall–Kier alpha value is -2.07. The maximum atomic E-state index is 12.6. The summed E-state index contributed by atoms with van der Waals surface area (Å²) in [4.78, 5) is 36.7. The molecule has 9 heteroatoms. The smallest absolute Gasteiger partial charge is 0.348 e. The third-order valence-electron chi connectivity index (χ3n) is 4.57. The van der Waals surface area contributed by atoms with Crippen LogP contribution in [0.1, 0.15) is 38.9 Å². The lowest BCUT2D eigenvalue weighted by molar-refractivity contribution is 0.0393. The van der Waals surface area contributed by atoms with Crippen molar-refractivity contribution in [3.63, 3.8) is 0 Å². The maximum absolute atomic E-state index is 12.6. The first-order chi connectivity index (χ1) is 13.4. The summed E-state index contributed by atoms with van der Waals surface area (Å²) >= 11 is 2.89. The van der Waals surface area contributed by atoms with Crippen molar-refractivity contribution in [2.45, 2.75) is 26.4 Å². The first kappa shape index (κ1) is 20.7. The number of carbonyl (C=O) groups excluding carboxylic acids is 1. The molecule has 1 atom stereocenters. The average molecular weight is 422 g/mol. The summed E-state index contributed by atoms with van der Waals surface area (Å²) in [6, 6.07) is 4.32. The molecule has 1 unspecified atom stereocenters. The van der Waals surface area contributed by atoms with Crippen molar-refractivity contribution in [3.8, 4) is 0 Å². The molecule has 0 aliphatic heterocycles. The van der Waals surface area contributed by atoms with E-state index in [1.807, 2.05) is 18.5 Å². The molecule has 3 aromatic heterocycles. The van der Waals surface area contributed by atoms with E-state index < -0.39 is 5.97 Å². The Morgan fingerprint density at radius 3 is 2.86 bits per heavy atom. The van der Waals surface area contributed by atoms with Crippen molar-refractivity contribution in [1.29, 1.82) is 0 Å². The van der Waals surface area contributed by atoms with Gasteiger partial charge in [0.2, 0.25) is 0 Å². The molecule has 3 aromatic rings. The molecule has 1 N–H and O–H groups in total. The number of hydrogen-bond acceptors (Lipinski definition) is 8. The molecule has 28 heavy (non-hydrogen) atoms. The molecule has 0 aromatic carbocycles. The molecule has 0 radical (unpaired) electrons. The quantitative estimate of drug-likeness (QED) is 0.444. The second-order valence-corrected chi connectivity index (χ2v) is 8.46. The van der Waals surface area contributed by atoms with Crippen molar-refractivity contribution >= 4 is 38.9 Å². The third-order valence-corrected chi connectivity index (χ3v) is 6.78. The molecule has 0 saturated heterocycles. The number of nitrogens with zero attached hydrogens (tertiary/aromatic N) is 2. The lowest BCUT2D eigenvalue weighted by Gasteiger charge is -2.23. The van der Waals surface area contributed by atoms with Crippen LogP contribution >= 0.6 is 22.7 Å². The predicted octanol–water partition coefficient (Wildman–Crippen LogP) is 3.35. The summed E-state index contributed by atoms with van der Waals surface area (Å²) in [7, 11) is 3.53. The first-order valence-electron chi connectivity index (χ1n) is 8.84. The molecule has 150 valence electrons. The second-order valence-electron chi connectivity index (χ2n) is 6.48. The monoisotopic (exact) mass is 421 g/mol. The molecular weight excluding hydrogens is 398 g/mol. The van der Waals surface area contributed by atoms with Gasteiger partial charge in [-0.25, -0.2) is 9.78 Å². The van der Waals surface area contributed by atoms with Gasteiger partial charge in [-0.05, 0) is 37.9 Å². The summed E-state index contributed by atoms with van der Waals surface area (Å²) < 4.78 is 10.1. The average Bonchev–Trinajstić information content (AvgIpc) is 3.29. The minimum Gasteiger partial charge on any atom is -0.459 e. The van der Waals surface area contributed by atoms with Crippen molar-refractivity contribution in [2.75, 3.05) is 27.4 Å². The fourth-order valence-electron chi connectivity index (χ4n) is 2.86. The van der Waals surface area contributed by atoms with Crippen molar-refractivity contribution in [2.24, 2.45) is 0 Å². The molecule has 3 heterocycles. The van der Waals surface area contributed by atoms with Crippen molar-refractivity contribution < 1.29 is 14.3 Å². The number of ether oxygens (including phenoxy) is 2. The molecule has 3 rings (SSSR count). The number of carbonyl (C=O) groups is 1. The number of aryl methyl sites for hydroxylation is 1. The van der Waals surface area contributed by atoms with Gasteiger partial charge in [0, 0.05) is 18.0 Å². The number of esters is 1. The van der Waals surface area contributed by atoms with Crippen LogP contribution in [0.4, 0.5) is 0 Å². The molecule has 0 aliphatic carbocycles. The number of nitrogens with one attached hydrogen (secondary N) is 1. The zero-order valence-corrected chi connectivity index (χ0v) is 17.9. The lowest BCUT2D eigenvalue weighted by Crippen LogP contribution is -2.24. The van der Waals surface area contributed by atoms with Crippen LogP contribution in [0.5, 0.6) is 0 Å². The standard InChI is InChI=1S/C19H23N3O4S2/c1-11-15-17(23)20-14(10-22(3)12(2)13-6-5-9-27-13)21-18(15)28-16(11)19(24)26-8-7-25-4/h5-6,9,12H,7-8,10H2,1-4H3,(H,20,21,23). The fraction of sp³-hybridized carbons (Fsp3) is 0.421. The largest absolute Gasteiger partial charge is 0.459 e. The number of fused-ring (bicyclic) bond motifs is 1. The van der Waals surface area contributed by atoms with E-state index in [2.05, 4.69) is 27.9 Å². The van der Waals surface area contributed by atoms with E-state index in [1.165, 1.54) is 16.2 Å². The van der Waals surface area contributed by atoms with Gasteiger partial charge < -0.3 is 14.5 Å². The van der Waals surface area contributed by atoms with Crippen LogP contribution in [0, 0.1) is 6.92 Å². The molecule has 0 saturated carbocycles. The molecular formula is C19H23N3O4S2. The van der Waals surface area contributed by atoms with E-state index in [4.69, 9.17) is 9.47 Å². The lowest BCUT2D eigenvalue weighted by atomic mass is 10.2. The highest BCUT2D eigenvalue weighted by atomic mass is 32.1. The van der Waals surface area contributed by atoms with Gasteiger partial charge in [0.15, 0.2) is 0 Å². The van der Waals surface area contributed by atoms with E-state index in [0.29, 0.717) is 39.6 Å². The van der Waals surface area contributed by atoms with Crippen LogP contribution in [-0.4, -0.2) is 48.2 Å². The molecule has 0 fully saturated rings. The predicted molar refractivity (Wildman–Crippen MR) is 111 cm³/mol. The van der Waals surface area contributed by atoms with Gasteiger partial charge in [-0.15, -0.1) is 22.7 Å². The number of aromatic nitrogens is 2. The number of thiophene rings is 2. The Kier molecular flexibility index (Phi) is 6.61. The Bertz CT molecular complexity index is 1010. The topological polar surface area (TPSA) is 84.5 Å². The van der Waals surface area contributed by atoms with Crippen LogP contribution in [0.15, 0.2) is 22.3 Å². The van der Waals surface area contributed by atoms with Crippen LogP contribution in [0.2, 0.25) is 0 Å². The highest BCUT2D eigenvalue weighted by Gasteiger charge is 2.21. The molecule has 7 nitrogen and oxygen atoms in total. The Morgan fingerprint density at radius 2 is 2.18 bits per heavy atom. The highest BCUT2D eigenvalue weighted by Crippen LogP contribution is 2.28. The summed E-state index contributed by atoms with van der Waals surface area (Å²) in [6.07, 6.45) is 0. The highest BCUT2D eigenvalue weighted by molar-refractivity contribution is 7.20. The second kappa shape index (κ2) is 8.95. The number of aromatic amines is 1. The minimum atomic E-state index is -0.457. The summed E-state index contributed by atoms with van der Waals surface area (Å²) in [6.45, 7) is 4.85. The molecule has 0 bridgehead atoms. The van der Waals surface area contributed by atoms with E-state index in [0.717, 1.165) is 0 Å². The van der Waals surface area contributed by atoms with Crippen LogP contribution in [0.3, 0.4) is 0 Å². The van der Waals surface area contributed by atoms with Gasteiger partial charge in [-0.3, -0.25) is 9.69 Å². The number of methoxy groups -OCH3 is 1. The Morgan fingerprint density at radius 1 is 1.39 bits per heavy atom. The SMILES string of the molecule is COCCOC(=O)c1sc2nc(CN(C)C(C)c3cccs3)[nH]c(=O)c2c1C. The van der Waals surface area contributed by atoms with Crippen molar-refractivity contribution in [1.82, 2.24) is 14.9 Å². The normalized spacial score (nSPS) is 12.6. The zero-order chi connectivity index (χ0) is 20.3. The summed E-state index contributed by atoms with van der Waals surface area (Å²) in [5.74, 6) is 0.117. The third kappa shape index (κ3) is 4.33. The molecule has 0 aliphatic rings. The minimum absolute atomic E-state index is 0.170. The van der Waals surface area contributed by atoms with Gasteiger partial charge in [-0.2, -0.15) is 0 Å². The van der Waals surface area contributed by atoms with E-state index in [9.17, 15) is 9.59 Å². The van der Waals surface area contributed by atoms with Crippen LogP contribution in [-0.2, 0) is 16.0 Å². The van der Waals surface area contributed by atoms with Gasteiger partial charge >= 0.3 is 5.97 Å². The van der Waals surface area contributed by atoms with Crippen LogP contribution in [0.25, 0.3) is 10.2 Å². The van der Waals surface area contributed by atoms with E-state index in [1.54, 1.807) is 25.4 Å². The van der Waals surface area contributed by atoms with Crippen molar-refractivity contribution in [3.05, 3.63) is 49.0 Å². The molecule has 0 spiro atoms. The molecule has 0 amide bonds. The maximum Gasteiger partial charge on any atom is 0.348 e. The number of rotatable bonds is 8. The fourth-order valence-corrected chi connectivity index (χ4v) is 4.80. The number of hydrogen-bond donors (Lipinski definition) is 1. The first-order valence-corrected chi connectivity index (χ1v) is 10.5. The number of H-pyrrole nitrogens is 1. The summed E-state index contributed by atoms with van der Waals surface area (Å²) in [5.41, 5.74) is 0.366. The van der Waals surface area contributed by atoms with Crippen LogP contribution < -0.4 is 5.56 Å². The Balaban J connectivity index is 1.84. The van der Waals surface area contributed by atoms with Gasteiger partial charge in [-0.1, -0.05) is 6.07 Å². The van der Waals surface area contributed by atoms with E-state index >= 15 is 0 Å². The van der Waals surface area contributed by atoms with Gasteiger partial charge in [0.05, 0.1) is 18.5 Å². The van der Waals surface area contributed by atoms with Gasteiger partial charge in [0.25, 0.3) is 5.56 Å². The van der Waals surface area contributed by atoms with E-state index in [-0.39, 0.29) is 18.2 Å². The summed E-state index contributed by atoms with van der Waals surface area (Å²) in [5, 5.41) is 2.49. The van der Waals surface area contributed by atoms with Gasteiger partial charge in [0.1, 0.15) is 22.1 Å². The zero-order valence-electron chi connectivity index (χ0n) is 16.3.